The van der Waals surface area contributed by atoms with Crippen LogP contribution in [-0.4, -0.2) is 37.0 Å². The summed E-state index contributed by atoms with van der Waals surface area (Å²) in [5.41, 5.74) is 11.5. The minimum atomic E-state index is -1.67. The summed E-state index contributed by atoms with van der Waals surface area (Å²) < 4.78 is 5.32. The van der Waals surface area contributed by atoms with Crippen molar-refractivity contribution in [3.8, 4) is 24.0 Å². The molecule has 0 fully saturated rings. The molecule has 0 saturated carbocycles. The van der Waals surface area contributed by atoms with E-state index in [2.05, 4.69) is 30.0 Å². The maximum atomic E-state index is 11.0. The number of amides is 1. The third kappa shape index (κ3) is 3.84. The van der Waals surface area contributed by atoms with Crippen molar-refractivity contribution in [3.63, 3.8) is 0 Å². The molecule has 1 amide bonds. The van der Waals surface area contributed by atoms with Gasteiger partial charge in [0.15, 0.2) is 12.0 Å². The van der Waals surface area contributed by atoms with Crippen LogP contribution in [-0.2, 0) is 4.79 Å². The van der Waals surface area contributed by atoms with E-state index >= 15 is 0 Å². The molecule has 4 N–H and O–H groups in total. The third-order valence-corrected chi connectivity index (χ3v) is 5.90. The van der Waals surface area contributed by atoms with E-state index in [0.717, 1.165) is 24.1 Å². The molecule has 0 bridgehead atoms. The predicted molar refractivity (Wildman–Crippen MR) is 113 cm³/mol. The van der Waals surface area contributed by atoms with Crippen molar-refractivity contribution in [3.05, 3.63) is 52.7 Å². The van der Waals surface area contributed by atoms with E-state index in [0.29, 0.717) is 18.8 Å². The molecular weight excluding hydrogens is 392 g/mol. The highest BCUT2D eigenvalue weighted by molar-refractivity contribution is 5.75. The second-order valence-corrected chi connectivity index (χ2v) is 7.76. The second-order valence-electron chi connectivity index (χ2n) is 7.76. The first-order valence-corrected chi connectivity index (χ1v) is 10.1. The van der Waals surface area contributed by atoms with Gasteiger partial charge in [0.1, 0.15) is 11.8 Å². The molecule has 1 aromatic rings. The number of hydrogen-bond acceptors (Lipinski definition) is 7. The number of nitrogens with zero attached hydrogens (tertiary/aromatic N) is 4. The number of allylic oxidation sites excluding steroid dienone is 2. The van der Waals surface area contributed by atoms with E-state index in [1.165, 1.54) is 0 Å². The van der Waals surface area contributed by atoms with Gasteiger partial charge in [0, 0.05) is 24.9 Å². The summed E-state index contributed by atoms with van der Waals surface area (Å²) in [5.74, 6) is -0.931. The largest absolute Gasteiger partial charge is 0.484 e. The Balaban J connectivity index is 2.12. The van der Waals surface area contributed by atoms with E-state index in [1.54, 1.807) is 24.3 Å². The molecular formula is C23H24N6O2. The van der Waals surface area contributed by atoms with Gasteiger partial charge in [-0.1, -0.05) is 25.1 Å². The highest BCUT2D eigenvalue weighted by Gasteiger charge is 2.54. The summed E-state index contributed by atoms with van der Waals surface area (Å²) >= 11 is 0. The molecule has 8 heteroatoms. The molecule has 0 saturated heterocycles. The Morgan fingerprint density at radius 2 is 1.94 bits per heavy atom. The summed E-state index contributed by atoms with van der Waals surface area (Å²) in [5, 5.41) is 30.0. The Morgan fingerprint density at radius 1 is 1.26 bits per heavy atom. The highest BCUT2D eigenvalue weighted by Crippen LogP contribution is 2.54. The molecule has 8 nitrogen and oxygen atoms in total. The fourth-order valence-electron chi connectivity index (χ4n) is 4.54. The van der Waals surface area contributed by atoms with E-state index in [9.17, 15) is 20.6 Å². The first kappa shape index (κ1) is 21.9. The smallest absolute Gasteiger partial charge is 0.255 e. The number of carbonyl (C=O) groups excluding carboxylic acids is 1. The first-order chi connectivity index (χ1) is 14.9. The second kappa shape index (κ2) is 8.92. The fraction of sp³-hybridized carbons (Fsp3) is 0.391. The molecule has 1 aliphatic carbocycles. The minimum absolute atomic E-state index is 0.00509. The SMILES string of the molecule is CCCN1CC=C2C(C#N)=C(N)C(C#N)(C#N)[C@@H](c3ccc(OCC(N)=O)cc3)[C@@H]2C1. The Kier molecular flexibility index (Phi) is 6.30. The average Bonchev–Trinajstić information content (AvgIpc) is 2.78. The van der Waals surface area contributed by atoms with Crippen LogP contribution in [0.3, 0.4) is 0 Å². The summed E-state index contributed by atoms with van der Waals surface area (Å²) in [7, 11) is 0. The Morgan fingerprint density at radius 3 is 2.48 bits per heavy atom. The number of nitrogens with two attached hydrogens (primary N) is 2. The fourth-order valence-corrected chi connectivity index (χ4v) is 4.54. The van der Waals surface area contributed by atoms with Gasteiger partial charge in [-0.25, -0.2) is 0 Å². The van der Waals surface area contributed by atoms with Crippen molar-refractivity contribution >= 4 is 5.91 Å². The number of primary amides is 1. The van der Waals surface area contributed by atoms with E-state index < -0.39 is 17.2 Å². The lowest BCUT2D eigenvalue weighted by Gasteiger charge is -2.45. The van der Waals surface area contributed by atoms with Crippen molar-refractivity contribution in [2.75, 3.05) is 26.2 Å². The molecule has 0 spiro atoms. The summed E-state index contributed by atoms with van der Waals surface area (Å²) in [6.07, 6.45) is 2.96. The molecule has 0 aromatic heterocycles. The average molecular weight is 416 g/mol. The van der Waals surface area contributed by atoms with Gasteiger partial charge in [-0.15, -0.1) is 0 Å². The van der Waals surface area contributed by atoms with Crippen LogP contribution >= 0.6 is 0 Å². The van der Waals surface area contributed by atoms with E-state index in [4.69, 9.17) is 16.2 Å². The zero-order chi connectivity index (χ0) is 22.6. The van der Waals surface area contributed by atoms with Crippen LogP contribution in [0.25, 0.3) is 0 Å². The van der Waals surface area contributed by atoms with Gasteiger partial charge in [-0.3, -0.25) is 9.69 Å². The van der Waals surface area contributed by atoms with Gasteiger partial charge in [0.2, 0.25) is 0 Å². The minimum Gasteiger partial charge on any atom is -0.484 e. The number of benzene rings is 1. The van der Waals surface area contributed by atoms with Crippen LogP contribution in [0.1, 0.15) is 24.8 Å². The topological polar surface area (TPSA) is 153 Å². The zero-order valence-electron chi connectivity index (χ0n) is 17.3. The molecule has 31 heavy (non-hydrogen) atoms. The van der Waals surface area contributed by atoms with Crippen molar-refractivity contribution in [2.24, 2.45) is 22.8 Å². The molecule has 158 valence electrons. The van der Waals surface area contributed by atoms with Crippen LogP contribution in [0.15, 0.2) is 47.2 Å². The van der Waals surface area contributed by atoms with Gasteiger partial charge in [0.25, 0.3) is 5.91 Å². The summed E-state index contributed by atoms with van der Waals surface area (Å²) in [4.78, 5) is 13.2. The van der Waals surface area contributed by atoms with Gasteiger partial charge >= 0.3 is 0 Å². The van der Waals surface area contributed by atoms with Crippen LogP contribution in [0, 0.1) is 45.3 Å². The summed E-state index contributed by atoms with van der Waals surface area (Å²) in [6.45, 7) is 4.03. The van der Waals surface area contributed by atoms with Crippen LogP contribution in [0.5, 0.6) is 5.75 Å². The predicted octanol–water partition coefficient (Wildman–Crippen LogP) is 1.69. The number of fused-ring (bicyclic) bond motifs is 1. The first-order valence-electron chi connectivity index (χ1n) is 10.1. The molecule has 1 aromatic carbocycles. The van der Waals surface area contributed by atoms with Crippen molar-refractivity contribution in [2.45, 2.75) is 19.3 Å². The standard InChI is InChI=1S/C23H24N6O2/c1-2-8-29-9-7-17-18(10-24)22(28)23(13-25,14-26)21(19(17)11-29)15-3-5-16(6-4-15)31-12-20(27)30/h3-7,19,21H,2,8-9,11-12,28H2,1H3,(H2,27,30)/t19-,21+/m1/s1. The van der Waals surface area contributed by atoms with Gasteiger partial charge in [-0.2, -0.15) is 15.8 Å². The molecule has 1 heterocycles. The van der Waals surface area contributed by atoms with Crippen molar-refractivity contribution in [1.29, 1.82) is 15.8 Å². The van der Waals surface area contributed by atoms with E-state index in [-0.39, 0.29) is 23.8 Å². The van der Waals surface area contributed by atoms with Gasteiger partial charge < -0.3 is 16.2 Å². The number of carbonyl (C=O) groups is 1. The number of nitriles is 3. The molecule has 2 aliphatic rings. The molecule has 0 unspecified atom stereocenters. The quantitative estimate of drug-likeness (QED) is 0.715. The lowest BCUT2D eigenvalue weighted by molar-refractivity contribution is -0.119. The van der Waals surface area contributed by atoms with E-state index in [1.807, 2.05) is 6.08 Å². The van der Waals surface area contributed by atoms with Crippen molar-refractivity contribution in [1.82, 2.24) is 4.90 Å². The van der Waals surface area contributed by atoms with Crippen LogP contribution in [0.2, 0.25) is 0 Å². The maximum absolute atomic E-state index is 11.0. The normalized spacial score (nSPS) is 22.3. The van der Waals surface area contributed by atoms with Crippen molar-refractivity contribution < 1.29 is 9.53 Å². The number of ether oxygens (including phenoxy) is 1. The van der Waals surface area contributed by atoms with Gasteiger partial charge in [0.05, 0.1) is 23.4 Å². The Hall–Kier alpha value is -3.80. The molecule has 1 aliphatic heterocycles. The molecule has 0 radical (unpaired) electrons. The number of rotatable bonds is 6. The van der Waals surface area contributed by atoms with Gasteiger partial charge in [-0.05, 0) is 36.2 Å². The summed E-state index contributed by atoms with van der Waals surface area (Å²) in [6, 6.07) is 13.3. The molecule has 2 atom stereocenters. The van der Waals surface area contributed by atoms with Crippen LogP contribution < -0.4 is 16.2 Å². The van der Waals surface area contributed by atoms with Crippen LogP contribution in [0.4, 0.5) is 0 Å². The molecule has 3 rings (SSSR count). The lowest BCUT2D eigenvalue weighted by atomic mass is 9.58. The third-order valence-electron chi connectivity index (χ3n) is 5.90. The zero-order valence-corrected chi connectivity index (χ0v) is 17.3. The highest BCUT2D eigenvalue weighted by atomic mass is 16.5. The number of hydrogen-bond donors (Lipinski definition) is 2. The Bertz CT molecular complexity index is 1040. The Labute approximate surface area is 181 Å². The lowest BCUT2D eigenvalue weighted by Crippen LogP contribution is -2.48. The monoisotopic (exact) mass is 416 g/mol. The maximum Gasteiger partial charge on any atom is 0.255 e.